The van der Waals surface area contributed by atoms with Gasteiger partial charge >= 0.3 is 6.18 Å². The number of thioether (sulfide) groups is 1. The van der Waals surface area contributed by atoms with Crippen molar-refractivity contribution in [3.8, 4) is 11.3 Å². The number of benzene rings is 1. The number of aliphatic hydroxyl groups is 1. The summed E-state index contributed by atoms with van der Waals surface area (Å²) in [6, 6.07) is 4.72. The van der Waals surface area contributed by atoms with Gasteiger partial charge in [0.15, 0.2) is 0 Å². The molecule has 1 atom stereocenters. The number of likely N-dealkylation sites (tertiary alicyclic amines) is 3. The molecule has 1 aromatic heterocycles. The third-order valence-corrected chi connectivity index (χ3v) is 10.7. The Hall–Kier alpha value is -2.12. The number of carbonyl (C=O) groups excluding carboxylic acids is 1. The largest absolute Gasteiger partial charge is 0.417 e. The molecule has 0 saturated carbocycles. The summed E-state index contributed by atoms with van der Waals surface area (Å²) in [6.07, 6.45) is 2.72. The van der Waals surface area contributed by atoms with Gasteiger partial charge in [0.05, 0.1) is 23.9 Å². The van der Waals surface area contributed by atoms with Crippen molar-refractivity contribution in [2.45, 2.75) is 87.7 Å². The van der Waals surface area contributed by atoms with Crippen LogP contribution < -0.4 is 5.32 Å². The summed E-state index contributed by atoms with van der Waals surface area (Å²) in [6.45, 7) is 7.65. The highest BCUT2D eigenvalue weighted by Gasteiger charge is 2.35. The summed E-state index contributed by atoms with van der Waals surface area (Å²) in [5.41, 5.74) is 2.84. The first-order valence-electron chi connectivity index (χ1n) is 16.3. The number of halogens is 3. The first-order valence-corrected chi connectivity index (χ1v) is 17.3. The van der Waals surface area contributed by atoms with Crippen LogP contribution in [0.4, 0.5) is 13.2 Å². The molecular formula is C32H45F3N6O2S. The van der Waals surface area contributed by atoms with Crippen LogP contribution in [0.25, 0.3) is 11.3 Å². The van der Waals surface area contributed by atoms with Gasteiger partial charge in [-0.1, -0.05) is 12.5 Å². The molecule has 0 aliphatic carbocycles. The van der Waals surface area contributed by atoms with E-state index in [9.17, 15) is 23.1 Å². The summed E-state index contributed by atoms with van der Waals surface area (Å²) >= 11 is 1.28. The van der Waals surface area contributed by atoms with E-state index in [1.165, 1.54) is 24.2 Å². The van der Waals surface area contributed by atoms with Gasteiger partial charge in [0.25, 0.3) is 0 Å². The Morgan fingerprint density at radius 1 is 1.00 bits per heavy atom. The topological polar surface area (TPSA) is 76.9 Å². The number of alkyl halides is 3. The van der Waals surface area contributed by atoms with Gasteiger partial charge in [-0.15, -0.1) is 11.8 Å². The van der Waals surface area contributed by atoms with E-state index in [-0.39, 0.29) is 10.8 Å². The molecule has 1 unspecified atom stereocenters. The van der Waals surface area contributed by atoms with Gasteiger partial charge in [-0.3, -0.25) is 9.48 Å². The second-order valence-electron chi connectivity index (χ2n) is 12.7. The van der Waals surface area contributed by atoms with Crippen molar-refractivity contribution < 1.29 is 23.1 Å². The lowest BCUT2D eigenvalue weighted by molar-refractivity contribution is -0.139. The van der Waals surface area contributed by atoms with Crippen molar-refractivity contribution in [2.75, 3.05) is 58.1 Å². The van der Waals surface area contributed by atoms with Crippen LogP contribution in [0.1, 0.15) is 61.8 Å². The maximum Gasteiger partial charge on any atom is 0.417 e. The van der Waals surface area contributed by atoms with Gasteiger partial charge in [-0.2, -0.15) is 18.3 Å². The molecule has 5 heterocycles. The number of fused-ring (bicyclic) bond motifs is 1. The van der Waals surface area contributed by atoms with Crippen molar-refractivity contribution in [2.24, 2.45) is 0 Å². The smallest absolute Gasteiger partial charge is 0.390 e. The van der Waals surface area contributed by atoms with Crippen molar-refractivity contribution in [1.82, 2.24) is 29.8 Å². The van der Waals surface area contributed by atoms with Crippen LogP contribution >= 0.6 is 11.8 Å². The molecule has 3 fully saturated rings. The Morgan fingerprint density at radius 2 is 1.80 bits per heavy atom. The van der Waals surface area contributed by atoms with Gasteiger partial charge in [0, 0.05) is 92.2 Å². The maximum atomic E-state index is 14.0. The second kappa shape index (κ2) is 14.1. The number of carbonyl (C=O) groups is 1. The first-order chi connectivity index (χ1) is 21.3. The Balaban J connectivity index is 1.14. The fourth-order valence-electron chi connectivity index (χ4n) is 7.32. The average molecular weight is 635 g/mol. The van der Waals surface area contributed by atoms with E-state index in [2.05, 4.69) is 15.1 Å². The van der Waals surface area contributed by atoms with E-state index in [1.54, 1.807) is 12.1 Å². The molecule has 0 bridgehead atoms. The van der Waals surface area contributed by atoms with Crippen molar-refractivity contribution >= 4 is 17.7 Å². The third-order valence-electron chi connectivity index (χ3n) is 9.64. The number of piperidine rings is 2. The summed E-state index contributed by atoms with van der Waals surface area (Å²) in [5, 5.41) is 19.4. The molecule has 242 valence electrons. The van der Waals surface area contributed by atoms with Crippen LogP contribution in [0.2, 0.25) is 0 Å². The maximum absolute atomic E-state index is 14.0. The van der Waals surface area contributed by atoms with Crippen LogP contribution in [0.5, 0.6) is 0 Å². The van der Waals surface area contributed by atoms with E-state index in [0.717, 1.165) is 95.6 Å². The number of nitrogens with one attached hydrogen (secondary N) is 1. The predicted molar refractivity (Wildman–Crippen MR) is 166 cm³/mol. The molecule has 3 saturated heterocycles. The van der Waals surface area contributed by atoms with Crippen molar-refractivity contribution in [3.63, 3.8) is 0 Å². The lowest BCUT2D eigenvalue weighted by Crippen LogP contribution is -2.47. The summed E-state index contributed by atoms with van der Waals surface area (Å²) < 4.78 is 43.9. The lowest BCUT2D eigenvalue weighted by Gasteiger charge is -2.37. The number of aliphatic hydroxyl groups excluding tert-OH is 1. The molecule has 4 aliphatic heterocycles. The van der Waals surface area contributed by atoms with E-state index >= 15 is 0 Å². The molecule has 0 spiro atoms. The van der Waals surface area contributed by atoms with Gasteiger partial charge in [-0.25, -0.2) is 0 Å². The number of β-amino-alcohol motifs (C(OH)–C–C–N with tert-alkyl or cyclic N) is 1. The summed E-state index contributed by atoms with van der Waals surface area (Å²) in [5.74, 6) is 0.881. The van der Waals surface area contributed by atoms with E-state index in [4.69, 9.17) is 5.10 Å². The number of hydrogen-bond acceptors (Lipinski definition) is 7. The van der Waals surface area contributed by atoms with Crippen LogP contribution in [0.3, 0.4) is 0 Å². The average Bonchev–Trinajstić information content (AvgIpc) is 3.61. The molecular weight excluding hydrogens is 589 g/mol. The highest BCUT2D eigenvalue weighted by atomic mass is 32.2. The lowest BCUT2D eigenvalue weighted by atomic mass is 10.0. The van der Waals surface area contributed by atoms with Gasteiger partial charge in [-0.05, 0) is 57.3 Å². The monoisotopic (exact) mass is 634 g/mol. The zero-order valence-electron chi connectivity index (χ0n) is 25.5. The van der Waals surface area contributed by atoms with E-state index in [0.29, 0.717) is 49.1 Å². The fraction of sp³-hybridized carbons (Fsp3) is 0.688. The molecule has 1 amide bonds. The minimum Gasteiger partial charge on any atom is -0.390 e. The first kappa shape index (κ1) is 31.8. The Kier molecular flexibility index (Phi) is 10.2. The number of nitrogens with zero attached hydrogens (tertiary/aromatic N) is 5. The standard InChI is InChI=1S/C32H45F3N6O2S/c33-32(34,35)27-7-6-23(19-29(27)44-18-17-38-12-2-1-3-13-38)31-26-20-36-11-8-28(26)41(37-31)22-25(42)21-39-15-9-24(10-16-39)40-14-4-5-30(40)43/h6-7,19,24-25,36,42H,1-5,8-18,20-22H2. The minimum atomic E-state index is -4.42. The van der Waals surface area contributed by atoms with Gasteiger partial charge in [0.1, 0.15) is 0 Å². The zero-order chi connectivity index (χ0) is 30.7. The quantitative estimate of drug-likeness (QED) is 0.379. The molecule has 1 aromatic carbocycles. The minimum absolute atomic E-state index is 0.248. The number of amides is 1. The van der Waals surface area contributed by atoms with Gasteiger partial charge < -0.3 is 25.1 Å². The second-order valence-corrected chi connectivity index (χ2v) is 13.9. The van der Waals surface area contributed by atoms with Gasteiger partial charge in [0.2, 0.25) is 5.91 Å². The third kappa shape index (κ3) is 7.46. The Labute approximate surface area is 262 Å². The molecule has 8 nitrogen and oxygen atoms in total. The van der Waals surface area contributed by atoms with Crippen LogP contribution in [-0.4, -0.2) is 106 Å². The molecule has 2 aromatic rings. The molecule has 2 N–H and O–H groups in total. The molecule has 4 aliphatic rings. The zero-order valence-corrected chi connectivity index (χ0v) is 26.3. The molecule has 12 heteroatoms. The highest BCUT2D eigenvalue weighted by molar-refractivity contribution is 7.99. The van der Waals surface area contributed by atoms with E-state index in [1.807, 2.05) is 9.58 Å². The highest BCUT2D eigenvalue weighted by Crippen LogP contribution is 2.40. The number of aromatic nitrogens is 2. The number of hydrogen-bond donors (Lipinski definition) is 2. The molecule has 0 radical (unpaired) electrons. The van der Waals surface area contributed by atoms with E-state index < -0.39 is 17.8 Å². The van der Waals surface area contributed by atoms with Crippen LogP contribution in [-0.2, 0) is 30.5 Å². The summed E-state index contributed by atoms with van der Waals surface area (Å²) in [4.78, 5) is 19.1. The fourth-order valence-corrected chi connectivity index (χ4v) is 8.44. The number of rotatable bonds is 10. The van der Waals surface area contributed by atoms with Crippen LogP contribution in [0, 0.1) is 0 Å². The predicted octanol–water partition coefficient (Wildman–Crippen LogP) is 4.24. The summed E-state index contributed by atoms with van der Waals surface area (Å²) in [7, 11) is 0. The normalized spacial score (nSPS) is 21.6. The van der Waals surface area contributed by atoms with Crippen molar-refractivity contribution in [3.05, 3.63) is 35.0 Å². The molecule has 44 heavy (non-hydrogen) atoms. The Bertz CT molecular complexity index is 1290. The van der Waals surface area contributed by atoms with Crippen LogP contribution in [0.15, 0.2) is 23.1 Å². The Morgan fingerprint density at radius 3 is 2.52 bits per heavy atom. The molecule has 6 rings (SSSR count). The van der Waals surface area contributed by atoms with Crippen molar-refractivity contribution in [1.29, 1.82) is 0 Å². The SMILES string of the molecule is O=C1CCCN1C1CCN(CC(O)Cn2nc(-c3ccc(C(F)(F)F)c(SCCN4CCCCC4)c3)c3c2CCNC3)CC1.